The number of rotatable bonds is 8. The molecule has 17 nitrogen and oxygen atoms in total. The first-order valence-electron chi connectivity index (χ1n) is 13.5. The molecule has 2 fully saturated rings. The van der Waals surface area contributed by atoms with Crippen molar-refractivity contribution in [1.82, 2.24) is 0 Å². The summed E-state index contributed by atoms with van der Waals surface area (Å²) < 4.78 is 32.7. The number of hydrogen-bond donors (Lipinski definition) is 10. The number of aromatic hydroxyl groups is 3. The minimum absolute atomic E-state index is 0.0594. The Labute approximate surface area is 252 Å². The minimum atomic E-state index is -1.90. The highest BCUT2D eigenvalue weighted by Gasteiger charge is 2.51. The standard InChI is InChI=1S/C28H32O17/c1-40-15-6-14-18(21(35)19(15)33)11(32)5-12(41-14)9-2-3-10(31)13(4-9)42-27-25(39)23(37)26(17(8-30)44-27)45-28-24(38)22(36)20(34)16(7-29)43-28/h2-6,16-17,20,22-31,33-39H,7-8H2,1H3. The van der Waals surface area contributed by atoms with E-state index in [4.69, 9.17) is 28.1 Å². The van der Waals surface area contributed by atoms with Crippen LogP contribution in [0.4, 0.5) is 0 Å². The lowest BCUT2D eigenvalue weighted by Crippen LogP contribution is -2.65. The first-order chi connectivity index (χ1) is 21.4. The van der Waals surface area contributed by atoms with Crippen LogP contribution in [0.1, 0.15) is 0 Å². The molecule has 10 unspecified atom stereocenters. The highest BCUT2D eigenvalue weighted by molar-refractivity contribution is 5.89. The van der Waals surface area contributed by atoms with Crippen molar-refractivity contribution in [3.63, 3.8) is 0 Å². The molecule has 2 saturated heterocycles. The van der Waals surface area contributed by atoms with Gasteiger partial charge in [-0.3, -0.25) is 4.79 Å². The number of phenolic OH excluding ortho intramolecular Hbond substituents is 3. The monoisotopic (exact) mass is 640 g/mol. The van der Waals surface area contributed by atoms with Gasteiger partial charge in [-0.25, -0.2) is 0 Å². The third-order valence-electron chi connectivity index (χ3n) is 7.60. The van der Waals surface area contributed by atoms with Crippen LogP contribution < -0.4 is 14.9 Å². The number of aliphatic hydroxyl groups is 7. The van der Waals surface area contributed by atoms with Gasteiger partial charge in [-0.2, -0.15) is 0 Å². The van der Waals surface area contributed by atoms with Gasteiger partial charge in [-0.15, -0.1) is 0 Å². The summed E-state index contributed by atoms with van der Waals surface area (Å²) in [5, 5.41) is 102. The summed E-state index contributed by atoms with van der Waals surface area (Å²) >= 11 is 0. The van der Waals surface area contributed by atoms with Crippen molar-refractivity contribution in [1.29, 1.82) is 0 Å². The van der Waals surface area contributed by atoms with Crippen LogP contribution in [-0.4, -0.2) is 133 Å². The maximum Gasteiger partial charge on any atom is 0.229 e. The summed E-state index contributed by atoms with van der Waals surface area (Å²) in [5.74, 6) is -2.39. The highest BCUT2D eigenvalue weighted by atomic mass is 16.7. The maximum atomic E-state index is 12.8. The van der Waals surface area contributed by atoms with Crippen LogP contribution in [0.25, 0.3) is 22.3 Å². The van der Waals surface area contributed by atoms with Gasteiger partial charge in [0.1, 0.15) is 65.6 Å². The van der Waals surface area contributed by atoms with Crippen molar-refractivity contribution < 1.29 is 79.2 Å². The smallest absolute Gasteiger partial charge is 0.229 e. The summed E-state index contributed by atoms with van der Waals surface area (Å²) in [6.45, 7) is -1.56. The lowest BCUT2D eigenvalue weighted by atomic mass is 9.97. The van der Waals surface area contributed by atoms with E-state index in [1.165, 1.54) is 31.4 Å². The largest absolute Gasteiger partial charge is 0.504 e. The van der Waals surface area contributed by atoms with Gasteiger partial charge in [0, 0.05) is 17.7 Å². The minimum Gasteiger partial charge on any atom is -0.504 e. The zero-order chi connectivity index (χ0) is 32.7. The van der Waals surface area contributed by atoms with E-state index in [9.17, 15) is 55.9 Å². The molecule has 10 N–H and O–H groups in total. The van der Waals surface area contributed by atoms with E-state index in [2.05, 4.69) is 0 Å². The van der Waals surface area contributed by atoms with Crippen LogP contribution in [0, 0.1) is 0 Å². The van der Waals surface area contributed by atoms with Crippen LogP contribution in [0.15, 0.2) is 39.5 Å². The fraction of sp³-hybridized carbons (Fsp3) is 0.464. The Balaban J connectivity index is 1.38. The molecule has 0 saturated carbocycles. The second kappa shape index (κ2) is 12.9. The average molecular weight is 641 g/mol. The number of aliphatic hydroxyl groups excluding tert-OH is 7. The summed E-state index contributed by atoms with van der Waals surface area (Å²) in [7, 11) is 1.23. The molecule has 2 aromatic carbocycles. The van der Waals surface area contributed by atoms with Crippen molar-refractivity contribution in [2.75, 3.05) is 20.3 Å². The molecule has 0 aliphatic carbocycles. The number of methoxy groups -OCH3 is 1. The lowest BCUT2D eigenvalue weighted by Gasteiger charge is -2.45. The van der Waals surface area contributed by atoms with E-state index < -0.39 is 97.3 Å². The Morgan fingerprint density at radius 3 is 2.09 bits per heavy atom. The molecule has 2 aliphatic heterocycles. The molecule has 10 atom stereocenters. The van der Waals surface area contributed by atoms with Gasteiger partial charge in [-0.05, 0) is 18.2 Å². The van der Waals surface area contributed by atoms with Gasteiger partial charge in [0.15, 0.2) is 34.7 Å². The van der Waals surface area contributed by atoms with E-state index in [0.29, 0.717) is 0 Å². The first kappa shape index (κ1) is 32.6. The van der Waals surface area contributed by atoms with E-state index in [1.807, 2.05) is 0 Å². The molecule has 2 aliphatic rings. The van der Waals surface area contributed by atoms with Gasteiger partial charge in [0.25, 0.3) is 0 Å². The van der Waals surface area contributed by atoms with Gasteiger partial charge in [-0.1, -0.05) is 0 Å². The molecule has 17 heteroatoms. The molecule has 3 aromatic rings. The molecule has 0 amide bonds. The van der Waals surface area contributed by atoms with Crippen molar-refractivity contribution in [3.05, 3.63) is 40.6 Å². The van der Waals surface area contributed by atoms with Crippen LogP contribution in [0.2, 0.25) is 0 Å². The van der Waals surface area contributed by atoms with E-state index >= 15 is 0 Å². The number of benzene rings is 2. The Morgan fingerprint density at radius 2 is 1.42 bits per heavy atom. The Kier molecular flexibility index (Phi) is 9.38. The lowest BCUT2D eigenvalue weighted by molar-refractivity contribution is -0.352. The Morgan fingerprint density at radius 1 is 0.756 bits per heavy atom. The topological polar surface area (TPSA) is 279 Å². The fourth-order valence-electron chi connectivity index (χ4n) is 5.11. The van der Waals surface area contributed by atoms with Crippen molar-refractivity contribution in [3.8, 4) is 40.1 Å². The number of hydrogen-bond acceptors (Lipinski definition) is 17. The summed E-state index contributed by atoms with van der Waals surface area (Å²) in [6, 6.07) is 5.95. The molecule has 0 spiro atoms. The van der Waals surface area contributed by atoms with E-state index in [0.717, 1.165) is 6.07 Å². The van der Waals surface area contributed by atoms with E-state index in [-0.39, 0.29) is 33.8 Å². The molecule has 1 aromatic heterocycles. The van der Waals surface area contributed by atoms with E-state index in [1.54, 1.807) is 0 Å². The predicted molar refractivity (Wildman–Crippen MR) is 146 cm³/mol. The SMILES string of the molecule is COc1cc2oc(-c3ccc(O)c(OC4OC(CO)C(OC5OC(CO)C(O)C(O)C5O)C(O)C4O)c3)cc(=O)c2c(O)c1O. The Bertz CT molecular complexity index is 1570. The number of ether oxygens (including phenoxy) is 5. The normalized spacial score (nSPS) is 32.0. The molecule has 0 bridgehead atoms. The number of fused-ring (bicyclic) bond motifs is 1. The Hall–Kier alpha value is -3.75. The molecule has 5 rings (SSSR count). The van der Waals surface area contributed by atoms with Crippen molar-refractivity contribution in [2.24, 2.45) is 0 Å². The van der Waals surface area contributed by atoms with Crippen LogP contribution in [-0.2, 0) is 14.2 Å². The fourth-order valence-corrected chi connectivity index (χ4v) is 5.11. The molecule has 3 heterocycles. The second-order valence-corrected chi connectivity index (χ2v) is 10.4. The van der Waals surface area contributed by atoms with Gasteiger partial charge in [0.2, 0.25) is 12.0 Å². The molecular formula is C28H32O17. The van der Waals surface area contributed by atoms with Crippen molar-refractivity contribution >= 4 is 11.0 Å². The molecule has 246 valence electrons. The summed E-state index contributed by atoms with van der Waals surface area (Å²) in [4.78, 5) is 12.8. The molecular weight excluding hydrogens is 608 g/mol. The van der Waals surface area contributed by atoms with Crippen molar-refractivity contribution in [2.45, 2.75) is 61.4 Å². The number of phenols is 3. The second-order valence-electron chi connectivity index (χ2n) is 10.4. The average Bonchev–Trinajstić information content (AvgIpc) is 3.02. The van der Waals surface area contributed by atoms with Gasteiger partial charge >= 0.3 is 0 Å². The highest BCUT2D eigenvalue weighted by Crippen LogP contribution is 2.42. The zero-order valence-corrected chi connectivity index (χ0v) is 23.4. The third-order valence-corrected chi connectivity index (χ3v) is 7.60. The molecule has 45 heavy (non-hydrogen) atoms. The van der Waals surface area contributed by atoms with Crippen LogP contribution >= 0.6 is 0 Å². The van der Waals surface area contributed by atoms with Crippen LogP contribution in [0.3, 0.4) is 0 Å². The van der Waals surface area contributed by atoms with Gasteiger partial charge < -0.3 is 79.2 Å². The third kappa shape index (κ3) is 5.98. The first-order valence-corrected chi connectivity index (χ1v) is 13.5. The molecule has 0 radical (unpaired) electrons. The van der Waals surface area contributed by atoms with Gasteiger partial charge in [0.05, 0.1) is 20.3 Å². The zero-order valence-electron chi connectivity index (χ0n) is 23.4. The summed E-state index contributed by atoms with van der Waals surface area (Å²) in [5.41, 5.74) is -0.685. The maximum absolute atomic E-state index is 12.8. The quantitative estimate of drug-likeness (QED) is 0.115. The summed E-state index contributed by atoms with van der Waals surface area (Å²) in [6.07, 6.45) is -16.8. The predicted octanol–water partition coefficient (Wildman–Crippen LogP) is -2.41. The van der Waals surface area contributed by atoms with Crippen LogP contribution in [0.5, 0.6) is 28.7 Å².